The summed E-state index contributed by atoms with van der Waals surface area (Å²) in [5.41, 5.74) is 9.20. The molecule has 1 aromatic heterocycles. The molecule has 3 N–H and O–H groups in total. The second kappa shape index (κ2) is 15.2. The molecule has 5 rings (SSSR count). The molecule has 0 spiro atoms. The summed E-state index contributed by atoms with van der Waals surface area (Å²) in [7, 11) is 1.52. The van der Waals surface area contributed by atoms with Gasteiger partial charge in [-0.15, -0.1) is 11.3 Å². The van der Waals surface area contributed by atoms with Gasteiger partial charge < -0.3 is 20.1 Å². The maximum absolute atomic E-state index is 12.7. The fourth-order valence-corrected chi connectivity index (χ4v) is 5.90. The predicted molar refractivity (Wildman–Crippen MR) is 193 cm³/mol. The van der Waals surface area contributed by atoms with E-state index in [0.29, 0.717) is 36.9 Å². The molecule has 0 aliphatic carbocycles. The number of hydrazone groups is 1. The first-order valence-corrected chi connectivity index (χ1v) is 16.3. The van der Waals surface area contributed by atoms with Crippen molar-refractivity contribution in [2.45, 2.75) is 13.8 Å². The van der Waals surface area contributed by atoms with Crippen molar-refractivity contribution in [3.05, 3.63) is 115 Å². The Hall–Kier alpha value is -4.46. The molecule has 0 saturated carbocycles. The van der Waals surface area contributed by atoms with Crippen LogP contribution in [0.4, 0.5) is 16.5 Å². The standard InChI is InChI=1S/C34H29ClIN5O4S/c1-20-4-11-27(14-21(20)2)38-31(42)18-45-32-28(36)15-22(16-30(32)44-3)17-37-41-33(43)24-7-5-23(6-8-24)29-19-46-34(40-29)39-26-12-9-25(35)10-13-26/h4-17,19H,18H2,1-3H3,(H,38,42)(H,39,40)(H,41,43)/b37-17-. The number of thiazole rings is 1. The van der Waals surface area contributed by atoms with Crippen LogP contribution in [0.5, 0.6) is 11.5 Å². The van der Waals surface area contributed by atoms with Gasteiger partial charge in [0.1, 0.15) is 0 Å². The lowest BCUT2D eigenvalue weighted by molar-refractivity contribution is -0.118. The molecular formula is C34H29ClIN5O4S. The van der Waals surface area contributed by atoms with E-state index in [0.717, 1.165) is 33.2 Å². The molecule has 46 heavy (non-hydrogen) atoms. The molecule has 4 aromatic carbocycles. The van der Waals surface area contributed by atoms with Gasteiger partial charge in [-0.1, -0.05) is 29.8 Å². The highest BCUT2D eigenvalue weighted by atomic mass is 127. The first-order valence-electron chi connectivity index (χ1n) is 14.0. The average Bonchev–Trinajstić information content (AvgIpc) is 3.51. The van der Waals surface area contributed by atoms with Crippen molar-refractivity contribution in [3.63, 3.8) is 0 Å². The molecule has 1 heterocycles. The summed E-state index contributed by atoms with van der Waals surface area (Å²) in [6.45, 7) is 3.82. The summed E-state index contributed by atoms with van der Waals surface area (Å²) < 4.78 is 12.0. The normalized spacial score (nSPS) is 10.9. The molecule has 0 unspecified atom stereocenters. The molecule has 0 atom stereocenters. The molecule has 2 amide bonds. The van der Waals surface area contributed by atoms with E-state index in [-0.39, 0.29) is 18.4 Å². The topological polar surface area (TPSA) is 114 Å². The monoisotopic (exact) mass is 765 g/mol. The summed E-state index contributed by atoms with van der Waals surface area (Å²) in [6.07, 6.45) is 1.51. The van der Waals surface area contributed by atoms with Crippen LogP contribution in [-0.2, 0) is 4.79 Å². The largest absolute Gasteiger partial charge is 0.493 e. The number of halogens is 2. The summed E-state index contributed by atoms with van der Waals surface area (Å²) in [5.74, 6) is 0.225. The van der Waals surface area contributed by atoms with E-state index in [1.807, 2.05) is 79.9 Å². The number of aromatic nitrogens is 1. The zero-order valence-electron chi connectivity index (χ0n) is 25.1. The Morgan fingerprint density at radius 2 is 1.72 bits per heavy atom. The van der Waals surface area contributed by atoms with Gasteiger partial charge in [-0.3, -0.25) is 9.59 Å². The Bertz CT molecular complexity index is 1900. The van der Waals surface area contributed by atoms with Crippen LogP contribution in [0, 0.1) is 17.4 Å². The van der Waals surface area contributed by atoms with Crippen molar-refractivity contribution < 1.29 is 19.1 Å². The van der Waals surface area contributed by atoms with E-state index in [1.54, 1.807) is 18.2 Å². The van der Waals surface area contributed by atoms with E-state index in [1.165, 1.54) is 24.7 Å². The molecule has 0 radical (unpaired) electrons. The number of carbonyl (C=O) groups is 2. The van der Waals surface area contributed by atoms with Crippen LogP contribution in [0.2, 0.25) is 5.02 Å². The fraction of sp³-hybridized carbons (Fsp3) is 0.118. The number of amides is 2. The van der Waals surface area contributed by atoms with Gasteiger partial charge in [0.15, 0.2) is 23.2 Å². The first kappa shape index (κ1) is 32.9. The molecule has 0 bridgehead atoms. The number of ether oxygens (including phenoxy) is 2. The van der Waals surface area contributed by atoms with Crippen molar-refractivity contribution in [2.24, 2.45) is 5.10 Å². The highest BCUT2D eigenvalue weighted by molar-refractivity contribution is 14.1. The van der Waals surface area contributed by atoms with Crippen molar-refractivity contribution in [1.29, 1.82) is 0 Å². The zero-order valence-corrected chi connectivity index (χ0v) is 28.8. The van der Waals surface area contributed by atoms with Crippen LogP contribution in [0.3, 0.4) is 0 Å². The van der Waals surface area contributed by atoms with Gasteiger partial charge in [-0.25, -0.2) is 10.4 Å². The van der Waals surface area contributed by atoms with E-state index < -0.39 is 0 Å². The minimum absolute atomic E-state index is 0.189. The number of nitrogens with zero attached hydrogens (tertiary/aromatic N) is 2. The number of rotatable bonds is 11. The molecule has 0 saturated heterocycles. The van der Waals surface area contributed by atoms with Gasteiger partial charge >= 0.3 is 0 Å². The van der Waals surface area contributed by atoms with Gasteiger partial charge in [0.2, 0.25) is 0 Å². The third-order valence-corrected chi connectivity index (χ3v) is 8.62. The lowest BCUT2D eigenvalue weighted by Gasteiger charge is -2.14. The summed E-state index contributed by atoms with van der Waals surface area (Å²) in [4.78, 5) is 29.9. The second-order valence-corrected chi connectivity index (χ2v) is 12.6. The third-order valence-electron chi connectivity index (χ3n) is 6.81. The maximum atomic E-state index is 12.7. The Morgan fingerprint density at radius 3 is 2.43 bits per heavy atom. The number of anilines is 3. The number of hydrogen-bond donors (Lipinski definition) is 3. The molecule has 0 aliphatic heterocycles. The smallest absolute Gasteiger partial charge is 0.271 e. The van der Waals surface area contributed by atoms with Crippen molar-refractivity contribution in [1.82, 2.24) is 10.4 Å². The number of aryl methyl sites for hydroxylation is 2. The molecule has 12 heteroatoms. The van der Waals surface area contributed by atoms with Gasteiger partial charge in [0.25, 0.3) is 11.8 Å². The molecular weight excluding hydrogens is 737 g/mol. The quantitative estimate of drug-likeness (QED) is 0.0710. The van der Waals surface area contributed by atoms with Crippen molar-refractivity contribution in [2.75, 3.05) is 24.4 Å². The number of hydrogen-bond acceptors (Lipinski definition) is 8. The van der Waals surface area contributed by atoms with Crippen molar-refractivity contribution >= 4 is 80.1 Å². The predicted octanol–water partition coefficient (Wildman–Crippen LogP) is 8.22. The Morgan fingerprint density at radius 1 is 0.978 bits per heavy atom. The zero-order chi connectivity index (χ0) is 32.6. The van der Waals surface area contributed by atoms with Gasteiger partial charge in [0.05, 0.1) is 22.6 Å². The average molecular weight is 766 g/mol. The van der Waals surface area contributed by atoms with Crippen LogP contribution >= 0.6 is 45.5 Å². The Labute approximate surface area is 289 Å². The van der Waals surface area contributed by atoms with E-state index in [4.69, 9.17) is 21.1 Å². The van der Waals surface area contributed by atoms with Gasteiger partial charge in [-0.2, -0.15) is 5.10 Å². The number of benzene rings is 4. The number of methoxy groups -OCH3 is 1. The third kappa shape index (κ3) is 8.62. The first-order chi connectivity index (χ1) is 22.2. The fourth-order valence-electron chi connectivity index (χ4n) is 4.25. The molecule has 234 valence electrons. The maximum Gasteiger partial charge on any atom is 0.271 e. The second-order valence-electron chi connectivity index (χ2n) is 10.1. The summed E-state index contributed by atoms with van der Waals surface area (Å²) in [5, 5.41) is 13.6. The Kier molecular flexibility index (Phi) is 10.9. The highest BCUT2D eigenvalue weighted by Crippen LogP contribution is 2.34. The van der Waals surface area contributed by atoms with Crippen LogP contribution in [0.1, 0.15) is 27.0 Å². The van der Waals surface area contributed by atoms with E-state index >= 15 is 0 Å². The minimum Gasteiger partial charge on any atom is -0.493 e. The molecule has 5 aromatic rings. The Balaban J connectivity index is 1.15. The lowest BCUT2D eigenvalue weighted by atomic mass is 10.1. The van der Waals surface area contributed by atoms with Crippen LogP contribution in [0.25, 0.3) is 11.3 Å². The summed E-state index contributed by atoms with van der Waals surface area (Å²) in [6, 6.07) is 23.8. The van der Waals surface area contributed by atoms with Crippen molar-refractivity contribution in [3.8, 4) is 22.8 Å². The van der Waals surface area contributed by atoms with E-state index in [2.05, 4.69) is 48.7 Å². The van der Waals surface area contributed by atoms with Gasteiger partial charge in [0, 0.05) is 32.9 Å². The highest BCUT2D eigenvalue weighted by Gasteiger charge is 2.14. The van der Waals surface area contributed by atoms with Crippen LogP contribution in [-0.4, -0.2) is 36.7 Å². The van der Waals surface area contributed by atoms with E-state index in [9.17, 15) is 9.59 Å². The van der Waals surface area contributed by atoms with Gasteiger partial charge in [-0.05, 0) is 114 Å². The van der Waals surface area contributed by atoms with Crippen LogP contribution in [0.15, 0.2) is 89.3 Å². The number of carbonyl (C=O) groups excluding carboxylic acids is 2. The van der Waals surface area contributed by atoms with Crippen LogP contribution < -0.4 is 25.5 Å². The SMILES string of the molecule is COc1cc(/C=N\NC(=O)c2ccc(-c3csc(Nc4ccc(Cl)cc4)n3)cc2)cc(I)c1OCC(=O)Nc1ccc(C)c(C)c1. The molecule has 0 fully saturated rings. The lowest BCUT2D eigenvalue weighted by Crippen LogP contribution is -2.20. The summed E-state index contributed by atoms with van der Waals surface area (Å²) >= 11 is 9.54. The molecule has 9 nitrogen and oxygen atoms in total. The number of nitrogens with one attached hydrogen (secondary N) is 3. The molecule has 0 aliphatic rings. The minimum atomic E-state index is -0.359.